The molecule has 1 rings (SSSR count). The fraction of sp³-hybridized carbons (Fsp3) is 1.00. The van der Waals surface area contributed by atoms with Crippen LogP contribution in [0.25, 0.3) is 0 Å². The van der Waals surface area contributed by atoms with E-state index < -0.39 is 0 Å². The average Bonchev–Trinajstić information content (AvgIpc) is 2.19. The first kappa shape index (κ1) is 12.0. The molecule has 0 aromatic carbocycles. The summed E-state index contributed by atoms with van der Waals surface area (Å²) in [4.78, 5) is 2.40. The number of hydrogen-bond donors (Lipinski definition) is 2. The van der Waals surface area contributed by atoms with Crippen LogP contribution in [0, 0.1) is 5.92 Å². The molecule has 1 fully saturated rings. The fourth-order valence-electron chi connectivity index (χ4n) is 2.10. The summed E-state index contributed by atoms with van der Waals surface area (Å²) >= 11 is 0. The van der Waals surface area contributed by atoms with Gasteiger partial charge >= 0.3 is 0 Å². The van der Waals surface area contributed by atoms with Gasteiger partial charge in [0, 0.05) is 12.6 Å². The second kappa shape index (κ2) is 6.38. The number of aliphatic hydroxyl groups is 1. The number of nitrogens with zero attached hydrogens (tertiary/aromatic N) is 1. The Balaban J connectivity index is 2.13. The van der Waals surface area contributed by atoms with Crippen molar-refractivity contribution in [2.24, 2.45) is 5.92 Å². The lowest BCUT2D eigenvalue weighted by molar-refractivity contribution is 0.188. The third kappa shape index (κ3) is 3.95. The van der Waals surface area contributed by atoms with Crippen LogP contribution < -0.4 is 5.32 Å². The zero-order valence-electron chi connectivity index (χ0n) is 9.50. The maximum atomic E-state index is 8.68. The Morgan fingerprint density at radius 3 is 2.64 bits per heavy atom. The summed E-state index contributed by atoms with van der Waals surface area (Å²) < 4.78 is 0. The first-order chi connectivity index (χ1) is 6.74. The molecule has 1 unspecified atom stereocenters. The van der Waals surface area contributed by atoms with Gasteiger partial charge in [-0.15, -0.1) is 0 Å². The minimum Gasteiger partial charge on any atom is -0.396 e. The molecule has 0 saturated carbocycles. The van der Waals surface area contributed by atoms with Crippen LogP contribution >= 0.6 is 0 Å². The summed E-state index contributed by atoms with van der Waals surface area (Å²) in [5.41, 5.74) is 0. The van der Waals surface area contributed by atoms with Crippen LogP contribution in [0.5, 0.6) is 0 Å². The van der Waals surface area contributed by atoms with E-state index in [1.54, 1.807) is 0 Å². The molecule has 1 aliphatic rings. The Hall–Kier alpha value is -0.120. The van der Waals surface area contributed by atoms with Crippen LogP contribution in [-0.4, -0.2) is 49.3 Å². The van der Waals surface area contributed by atoms with Gasteiger partial charge in [0.1, 0.15) is 0 Å². The van der Waals surface area contributed by atoms with Crippen molar-refractivity contribution in [1.82, 2.24) is 10.2 Å². The number of hydrogen-bond acceptors (Lipinski definition) is 3. The Kier molecular flexibility index (Phi) is 5.45. The molecular weight excluding hydrogens is 176 g/mol. The van der Waals surface area contributed by atoms with Gasteiger partial charge in [-0.1, -0.05) is 0 Å². The molecule has 0 aromatic rings. The smallest absolute Gasteiger partial charge is 0.0443 e. The molecular formula is C11H24N2O. The molecule has 3 nitrogen and oxygen atoms in total. The maximum Gasteiger partial charge on any atom is 0.0443 e. The standard InChI is InChI=1S/C11H24N2O/c1-10(12-6-3-9-14)11-4-7-13(2)8-5-11/h10-12,14H,3-9H2,1-2H3. The monoisotopic (exact) mass is 200 g/mol. The number of aliphatic hydroxyl groups excluding tert-OH is 1. The van der Waals surface area contributed by atoms with E-state index in [2.05, 4.69) is 24.2 Å². The number of likely N-dealkylation sites (tertiary alicyclic amines) is 1. The summed E-state index contributed by atoms with van der Waals surface area (Å²) in [7, 11) is 2.19. The average molecular weight is 200 g/mol. The first-order valence-corrected chi connectivity index (χ1v) is 5.77. The highest BCUT2D eigenvalue weighted by molar-refractivity contribution is 4.78. The van der Waals surface area contributed by atoms with E-state index in [4.69, 9.17) is 5.11 Å². The minimum atomic E-state index is 0.299. The van der Waals surface area contributed by atoms with Gasteiger partial charge in [0.25, 0.3) is 0 Å². The molecule has 14 heavy (non-hydrogen) atoms. The summed E-state index contributed by atoms with van der Waals surface area (Å²) in [6.07, 6.45) is 3.49. The third-order valence-electron chi connectivity index (χ3n) is 3.27. The van der Waals surface area contributed by atoms with Gasteiger partial charge in [-0.2, -0.15) is 0 Å². The van der Waals surface area contributed by atoms with E-state index in [0.29, 0.717) is 12.6 Å². The lowest BCUT2D eigenvalue weighted by Gasteiger charge is -2.33. The Labute approximate surface area is 87.5 Å². The molecule has 3 heteroatoms. The third-order valence-corrected chi connectivity index (χ3v) is 3.27. The molecule has 1 saturated heterocycles. The van der Waals surface area contributed by atoms with Gasteiger partial charge in [-0.05, 0) is 58.8 Å². The predicted molar refractivity (Wildman–Crippen MR) is 59.4 cm³/mol. The summed E-state index contributed by atoms with van der Waals surface area (Å²) in [6.45, 7) is 5.98. The largest absolute Gasteiger partial charge is 0.396 e. The van der Waals surface area contributed by atoms with Gasteiger partial charge < -0.3 is 15.3 Å². The van der Waals surface area contributed by atoms with Crippen LogP contribution in [0.1, 0.15) is 26.2 Å². The van der Waals surface area contributed by atoms with Crippen LogP contribution in [0.4, 0.5) is 0 Å². The van der Waals surface area contributed by atoms with E-state index >= 15 is 0 Å². The van der Waals surface area contributed by atoms with Crippen molar-refractivity contribution < 1.29 is 5.11 Å². The minimum absolute atomic E-state index is 0.299. The van der Waals surface area contributed by atoms with Crippen LogP contribution in [0.15, 0.2) is 0 Å². The topological polar surface area (TPSA) is 35.5 Å². The maximum absolute atomic E-state index is 8.68. The van der Waals surface area contributed by atoms with E-state index in [1.165, 1.54) is 25.9 Å². The SMILES string of the molecule is CC(NCCCO)C1CCN(C)CC1. The van der Waals surface area contributed by atoms with E-state index in [-0.39, 0.29) is 0 Å². The molecule has 1 aliphatic heterocycles. The van der Waals surface area contributed by atoms with Crippen LogP contribution in [-0.2, 0) is 0 Å². The second-order valence-corrected chi connectivity index (χ2v) is 4.46. The molecule has 84 valence electrons. The Morgan fingerprint density at radius 1 is 1.43 bits per heavy atom. The van der Waals surface area contributed by atoms with Crippen LogP contribution in [0.3, 0.4) is 0 Å². The normalized spacial score (nSPS) is 22.5. The molecule has 0 aliphatic carbocycles. The zero-order valence-corrected chi connectivity index (χ0v) is 9.50. The molecule has 1 atom stereocenters. The van der Waals surface area contributed by atoms with Crippen molar-refractivity contribution >= 4 is 0 Å². The van der Waals surface area contributed by atoms with Crippen molar-refractivity contribution in [1.29, 1.82) is 0 Å². The van der Waals surface area contributed by atoms with E-state index in [0.717, 1.165) is 18.9 Å². The first-order valence-electron chi connectivity index (χ1n) is 5.77. The number of nitrogens with one attached hydrogen (secondary N) is 1. The van der Waals surface area contributed by atoms with Gasteiger partial charge in [0.05, 0.1) is 0 Å². The van der Waals surface area contributed by atoms with E-state index in [9.17, 15) is 0 Å². The Morgan fingerprint density at radius 2 is 2.07 bits per heavy atom. The van der Waals surface area contributed by atoms with Gasteiger partial charge in [-0.3, -0.25) is 0 Å². The van der Waals surface area contributed by atoms with Crippen molar-refractivity contribution in [3.05, 3.63) is 0 Å². The molecule has 0 aromatic heterocycles. The summed E-state index contributed by atoms with van der Waals surface area (Å²) in [5.74, 6) is 0.824. The van der Waals surface area contributed by atoms with Crippen LogP contribution in [0.2, 0.25) is 0 Å². The highest BCUT2D eigenvalue weighted by Crippen LogP contribution is 2.19. The summed E-state index contributed by atoms with van der Waals surface area (Å²) in [6, 6.07) is 0.607. The number of piperidine rings is 1. The predicted octanol–water partition coefficient (Wildman–Crippen LogP) is 0.689. The highest BCUT2D eigenvalue weighted by Gasteiger charge is 2.21. The molecule has 2 N–H and O–H groups in total. The van der Waals surface area contributed by atoms with Crippen molar-refractivity contribution in [2.45, 2.75) is 32.2 Å². The molecule has 0 spiro atoms. The second-order valence-electron chi connectivity index (χ2n) is 4.46. The lowest BCUT2D eigenvalue weighted by Crippen LogP contribution is -2.41. The molecule has 0 bridgehead atoms. The molecule has 1 heterocycles. The van der Waals surface area contributed by atoms with Crippen molar-refractivity contribution in [3.8, 4) is 0 Å². The van der Waals surface area contributed by atoms with Gasteiger partial charge in [0.2, 0.25) is 0 Å². The molecule has 0 amide bonds. The molecule has 0 radical (unpaired) electrons. The van der Waals surface area contributed by atoms with E-state index in [1.807, 2.05) is 0 Å². The van der Waals surface area contributed by atoms with Gasteiger partial charge in [0.15, 0.2) is 0 Å². The summed E-state index contributed by atoms with van der Waals surface area (Å²) in [5, 5.41) is 12.2. The van der Waals surface area contributed by atoms with Crippen molar-refractivity contribution in [2.75, 3.05) is 33.3 Å². The number of rotatable bonds is 5. The van der Waals surface area contributed by atoms with Gasteiger partial charge in [-0.25, -0.2) is 0 Å². The fourth-order valence-corrected chi connectivity index (χ4v) is 2.10. The Bertz CT molecular complexity index is 144. The quantitative estimate of drug-likeness (QED) is 0.641. The lowest BCUT2D eigenvalue weighted by atomic mass is 9.90. The van der Waals surface area contributed by atoms with Crippen molar-refractivity contribution in [3.63, 3.8) is 0 Å². The zero-order chi connectivity index (χ0) is 10.4. The highest BCUT2D eigenvalue weighted by atomic mass is 16.3.